The van der Waals surface area contributed by atoms with Gasteiger partial charge in [0.2, 0.25) is 0 Å². The van der Waals surface area contributed by atoms with Crippen molar-refractivity contribution in [1.82, 2.24) is 10.6 Å². The van der Waals surface area contributed by atoms with Crippen molar-refractivity contribution < 1.29 is 0 Å². The van der Waals surface area contributed by atoms with Gasteiger partial charge in [-0.1, -0.05) is 30.3 Å². The van der Waals surface area contributed by atoms with Gasteiger partial charge in [-0.15, -0.1) is 0 Å². The maximum absolute atomic E-state index is 4.24. The molecule has 0 atom stereocenters. The van der Waals surface area contributed by atoms with Gasteiger partial charge < -0.3 is 10.6 Å². The zero-order chi connectivity index (χ0) is 14.5. The molecule has 0 aromatic heterocycles. The van der Waals surface area contributed by atoms with Gasteiger partial charge in [0, 0.05) is 20.1 Å². The van der Waals surface area contributed by atoms with Gasteiger partial charge in [-0.05, 0) is 43.3 Å². The summed E-state index contributed by atoms with van der Waals surface area (Å²) in [5.41, 5.74) is 1.40. The number of unbranched alkanes of at least 4 members (excludes halogenated alkanes) is 1. The van der Waals surface area contributed by atoms with Gasteiger partial charge in [-0.2, -0.15) is 11.8 Å². The second kappa shape index (κ2) is 11.6. The van der Waals surface area contributed by atoms with Gasteiger partial charge in [-0.3, -0.25) is 4.99 Å². The molecule has 0 spiro atoms. The van der Waals surface area contributed by atoms with Crippen molar-refractivity contribution in [2.24, 2.45) is 4.99 Å². The number of hydrogen-bond acceptors (Lipinski definition) is 2. The minimum atomic E-state index is 0.919. The minimum Gasteiger partial charge on any atom is -0.356 e. The van der Waals surface area contributed by atoms with Gasteiger partial charge in [0.25, 0.3) is 0 Å². The fourth-order valence-corrected chi connectivity index (χ4v) is 2.44. The van der Waals surface area contributed by atoms with E-state index in [1.54, 1.807) is 0 Å². The summed E-state index contributed by atoms with van der Waals surface area (Å²) < 4.78 is 0. The molecule has 1 aromatic carbocycles. The van der Waals surface area contributed by atoms with E-state index in [0.717, 1.165) is 31.9 Å². The van der Waals surface area contributed by atoms with Crippen molar-refractivity contribution in [1.29, 1.82) is 0 Å². The number of aryl methyl sites for hydroxylation is 1. The van der Waals surface area contributed by atoms with Crippen LogP contribution in [0.2, 0.25) is 0 Å². The smallest absolute Gasteiger partial charge is 0.190 e. The van der Waals surface area contributed by atoms with Crippen molar-refractivity contribution in [3.8, 4) is 0 Å². The van der Waals surface area contributed by atoms with Crippen molar-refractivity contribution in [2.45, 2.75) is 25.7 Å². The summed E-state index contributed by atoms with van der Waals surface area (Å²) in [7, 11) is 1.83. The van der Waals surface area contributed by atoms with Crippen LogP contribution in [0.25, 0.3) is 0 Å². The number of thioether (sulfide) groups is 1. The summed E-state index contributed by atoms with van der Waals surface area (Å²) in [5.74, 6) is 2.16. The second-order valence-corrected chi connectivity index (χ2v) is 5.70. The minimum absolute atomic E-state index is 0.919. The van der Waals surface area contributed by atoms with E-state index in [0.29, 0.717) is 0 Å². The number of nitrogens with zero attached hydrogens (tertiary/aromatic N) is 1. The molecule has 2 N–H and O–H groups in total. The average Bonchev–Trinajstić information content (AvgIpc) is 2.50. The number of nitrogens with one attached hydrogen (secondary N) is 2. The molecule has 0 saturated heterocycles. The van der Waals surface area contributed by atoms with E-state index < -0.39 is 0 Å². The van der Waals surface area contributed by atoms with E-state index in [4.69, 9.17) is 0 Å². The van der Waals surface area contributed by atoms with Crippen LogP contribution >= 0.6 is 11.8 Å². The van der Waals surface area contributed by atoms with Gasteiger partial charge >= 0.3 is 0 Å². The topological polar surface area (TPSA) is 36.4 Å². The maximum atomic E-state index is 4.24. The monoisotopic (exact) mass is 293 g/mol. The van der Waals surface area contributed by atoms with Crippen LogP contribution in [-0.2, 0) is 6.42 Å². The summed E-state index contributed by atoms with van der Waals surface area (Å²) in [4.78, 5) is 4.24. The molecule has 20 heavy (non-hydrogen) atoms. The highest BCUT2D eigenvalue weighted by atomic mass is 32.2. The third kappa shape index (κ3) is 8.10. The lowest BCUT2D eigenvalue weighted by Gasteiger charge is -2.11. The fraction of sp³-hybridized carbons (Fsp3) is 0.562. The lowest BCUT2D eigenvalue weighted by Crippen LogP contribution is -2.38. The Balaban J connectivity index is 2.06. The normalized spacial score (nSPS) is 11.4. The van der Waals surface area contributed by atoms with Gasteiger partial charge in [0.1, 0.15) is 0 Å². The number of guanidine groups is 1. The number of benzene rings is 1. The van der Waals surface area contributed by atoms with Gasteiger partial charge in [0.15, 0.2) is 5.96 Å². The summed E-state index contributed by atoms with van der Waals surface area (Å²) in [6.45, 7) is 1.96. The molecule has 0 aliphatic rings. The van der Waals surface area contributed by atoms with E-state index in [9.17, 15) is 0 Å². The molecule has 1 rings (SSSR count). The second-order valence-electron chi connectivity index (χ2n) is 4.71. The molecule has 0 unspecified atom stereocenters. The Hall–Kier alpha value is -1.16. The van der Waals surface area contributed by atoms with Crippen molar-refractivity contribution in [3.05, 3.63) is 35.9 Å². The molecule has 0 saturated carbocycles. The molecule has 1 aromatic rings. The van der Waals surface area contributed by atoms with Crippen LogP contribution in [0.5, 0.6) is 0 Å². The van der Waals surface area contributed by atoms with Crippen molar-refractivity contribution >= 4 is 17.7 Å². The van der Waals surface area contributed by atoms with Crippen LogP contribution in [0.3, 0.4) is 0 Å². The van der Waals surface area contributed by atoms with Crippen LogP contribution in [0.1, 0.15) is 24.8 Å². The molecule has 0 aliphatic carbocycles. The van der Waals surface area contributed by atoms with Crippen LogP contribution < -0.4 is 10.6 Å². The first-order valence-electron chi connectivity index (χ1n) is 7.34. The summed E-state index contributed by atoms with van der Waals surface area (Å²) in [6.07, 6.45) is 6.85. The highest BCUT2D eigenvalue weighted by molar-refractivity contribution is 7.98. The molecule has 3 nitrogen and oxygen atoms in total. The summed E-state index contributed by atoms with van der Waals surface area (Å²) >= 11 is 1.91. The van der Waals surface area contributed by atoms with E-state index in [2.05, 4.69) is 52.2 Å². The zero-order valence-corrected chi connectivity index (χ0v) is 13.5. The Morgan fingerprint density at radius 3 is 2.40 bits per heavy atom. The predicted molar refractivity (Wildman–Crippen MR) is 91.7 cm³/mol. The highest BCUT2D eigenvalue weighted by Gasteiger charge is 1.97. The summed E-state index contributed by atoms with van der Waals surface area (Å²) in [5, 5.41) is 6.72. The van der Waals surface area contributed by atoms with E-state index >= 15 is 0 Å². The molecule has 0 heterocycles. The Morgan fingerprint density at radius 2 is 1.75 bits per heavy atom. The van der Waals surface area contributed by atoms with Crippen LogP contribution in [0.15, 0.2) is 35.3 Å². The third-order valence-electron chi connectivity index (χ3n) is 3.07. The first kappa shape index (κ1) is 16.9. The Kier molecular flexibility index (Phi) is 9.84. The first-order chi connectivity index (χ1) is 9.86. The molecular formula is C16H27N3S. The zero-order valence-electron chi connectivity index (χ0n) is 12.7. The van der Waals surface area contributed by atoms with Crippen molar-refractivity contribution in [3.63, 3.8) is 0 Å². The molecule has 4 heteroatoms. The van der Waals surface area contributed by atoms with E-state index in [-0.39, 0.29) is 0 Å². The summed E-state index contributed by atoms with van der Waals surface area (Å²) in [6, 6.07) is 10.6. The molecule has 0 bridgehead atoms. The molecule has 0 fully saturated rings. The molecular weight excluding hydrogens is 266 g/mol. The Morgan fingerprint density at radius 1 is 1.05 bits per heavy atom. The van der Waals surface area contributed by atoms with E-state index in [1.807, 2.05) is 18.8 Å². The van der Waals surface area contributed by atoms with Crippen LogP contribution in [0, 0.1) is 0 Å². The average molecular weight is 293 g/mol. The van der Waals surface area contributed by atoms with E-state index in [1.165, 1.54) is 24.2 Å². The first-order valence-corrected chi connectivity index (χ1v) is 8.73. The predicted octanol–water partition coefficient (Wildman–Crippen LogP) is 2.93. The lowest BCUT2D eigenvalue weighted by atomic mass is 10.1. The molecule has 112 valence electrons. The maximum Gasteiger partial charge on any atom is 0.190 e. The number of aliphatic imine (C=N–C) groups is 1. The Labute approximate surface area is 127 Å². The van der Waals surface area contributed by atoms with Gasteiger partial charge in [-0.25, -0.2) is 0 Å². The molecule has 0 aliphatic heterocycles. The quantitative estimate of drug-likeness (QED) is 0.417. The number of hydrogen-bond donors (Lipinski definition) is 2. The van der Waals surface area contributed by atoms with Crippen molar-refractivity contribution in [2.75, 3.05) is 32.1 Å². The molecule has 0 amide bonds. The number of rotatable bonds is 9. The third-order valence-corrected chi connectivity index (χ3v) is 3.77. The van der Waals surface area contributed by atoms with Crippen LogP contribution in [-0.4, -0.2) is 38.1 Å². The standard InChI is InChI=1S/C16H27N3S/c1-17-16(18-12-6-7-14-20-2)19-13-8-11-15-9-4-3-5-10-15/h3-5,9-10H,6-8,11-14H2,1-2H3,(H2,17,18,19). The lowest BCUT2D eigenvalue weighted by molar-refractivity contribution is 0.713. The van der Waals surface area contributed by atoms with Crippen LogP contribution in [0.4, 0.5) is 0 Å². The van der Waals surface area contributed by atoms with Gasteiger partial charge in [0.05, 0.1) is 0 Å². The SMILES string of the molecule is CN=C(NCCCCSC)NCCCc1ccccc1. The highest BCUT2D eigenvalue weighted by Crippen LogP contribution is 2.01. The largest absolute Gasteiger partial charge is 0.356 e. The fourth-order valence-electron chi connectivity index (χ4n) is 1.94. The molecule has 0 radical (unpaired) electrons. The Bertz CT molecular complexity index is 365.